The molecule has 2 atom stereocenters. The topological polar surface area (TPSA) is 23.5 Å². The van der Waals surface area contributed by atoms with Crippen LogP contribution in [0.4, 0.5) is 0 Å². The third kappa shape index (κ3) is 2.64. The van der Waals surface area contributed by atoms with E-state index in [2.05, 4.69) is 42.3 Å². The summed E-state index contributed by atoms with van der Waals surface area (Å²) in [7, 11) is 2.11. The number of nitrogens with zero attached hydrogens (tertiary/aromatic N) is 1. The van der Waals surface area contributed by atoms with Gasteiger partial charge >= 0.3 is 0 Å². The van der Waals surface area contributed by atoms with Gasteiger partial charge < -0.3 is 5.11 Å². The third-order valence-corrected chi connectivity index (χ3v) is 4.97. The number of thioether (sulfide) groups is 1. The van der Waals surface area contributed by atoms with E-state index in [4.69, 9.17) is 0 Å². The Bertz CT molecular complexity index is 571. The molecule has 2 aromatic carbocycles. The third-order valence-electron chi connectivity index (χ3n) is 3.92. The van der Waals surface area contributed by atoms with Crippen LogP contribution in [0.5, 0.6) is 0 Å². The smallest absolute Gasteiger partial charge is 0.0953 e. The van der Waals surface area contributed by atoms with Crippen molar-refractivity contribution in [3.8, 4) is 0 Å². The van der Waals surface area contributed by atoms with Gasteiger partial charge in [-0.3, -0.25) is 4.90 Å². The van der Waals surface area contributed by atoms with Crippen molar-refractivity contribution in [2.24, 2.45) is 0 Å². The fraction of sp³-hybridized carbons (Fsp3) is 0.375. The quantitative estimate of drug-likeness (QED) is 0.910. The van der Waals surface area contributed by atoms with E-state index in [1.807, 2.05) is 23.9 Å². The summed E-state index contributed by atoms with van der Waals surface area (Å²) in [5, 5.41) is 13.0. The lowest BCUT2D eigenvalue weighted by Crippen LogP contribution is -2.43. The summed E-state index contributed by atoms with van der Waals surface area (Å²) in [6, 6.07) is 14.8. The number of aliphatic hydroxyl groups is 1. The molecule has 1 heterocycles. The summed E-state index contributed by atoms with van der Waals surface area (Å²) in [5.74, 6) is 2.17. The van der Waals surface area contributed by atoms with Crippen LogP contribution in [-0.4, -0.2) is 41.1 Å². The van der Waals surface area contributed by atoms with Crippen LogP contribution in [0, 0.1) is 0 Å². The lowest BCUT2D eigenvalue weighted by atomic mass is 9.99. The zero-order valence-electron chi connectivity index (χ0n) is 11.1. The van der Waals surface area contributed by atoms with E-state index >= 15 is 0 Å². The van der Waals surface area contributed by atoms with Crippen molar-refractivity contribution < 1.29 is 5.11 Å². The average Bonchev–Trinajstić information content (AvgIpc) is 2.46. The first-order valence-corrected chi connectivity index (χ1v) is 7.86. The number of aliphatic hydroxyl groups excluding tert-OH is 1. The van der Waals surface area contributed by atoms with Crippen LogP contribution >= 0.6 is 11.8 Å². The van der Waals surface area contributed by atoms with E-state index in [1.54, 1.807) is 0 Å². The maximum Gasteiger partial charge on any atom is 0.0953 e. The van der Waals surface area contributed by atoms with E-state index in [9.17, 15) is 5.11 Å². The minimum absolute atomic E-state index is 0.222. The maximum atomic E-state index is 10.6. The highest BCUT2D eigenvalue weighted by Gasteiger charge is 2.27. The molecule has 1 saturated heterocycles. The van der Waals surface area contributed by atoms with Gasteiger partial charge in [0.1, 0.15) is 0 Å². The Morgan fingerprint density at radius 3 is 2.79 bits per heavy atom. The second kappa shape index (κ2) is 5.53. The lowest BCUT2D eigenvalue weighted by molar-refractivity contribution is 0.0759. The van der Waals surface area contributed by atoms with Crippen molar-refractivity contribution in [3.63, 3.8) is 0 Å². The first kappa shape index (κ1) is 13.0. The molecular weight excluding hydrogens is 254 g/mol. The predicted octanol–water partition coefficient (Wildman–Crippen LogP) is 2.92. The Balaban J connectivity index is 1.90. The summed E-state index contributed by atoms with van der Waals surface area (Å²) < 4.78 is 0. The van der Waals surface area contributed by atoms with Gasteiger partial charge in [0.2, 0.25) is 0 Å². The molecule has 0 spiro atoms. The van der Waals surface area contributed by atoms with Crippen molar-refractivity contribution in [1.29, 1.82) is 0 Å². The molecule has 1 aliphatic heterocycles. The Morgan fingerprint density at radius 2 is 2.00 bits per heavy atom. The highest BCUT2D eigenvalue weighted by Crippen LogP contribution is 2.28. The molecular formula is C16H19NOS. The fourth-order valence-electron chi connectivity index (χ4n) is 2.65. The van der Waals surface area contributed by atoms with Crippen molar-refractivity contribution in [2.45, 2.75) is 12.1 Å². The van der Waals surface area contributed by atoms with Gasteiger partial charge in [0.25, 0.3) is 0 Å². The molecule has 100 valence electrons. The highest BCUT2D eigenvalue weighted by atomic mass is 32.2. The summed E-state index contributed by atoms with van der Waals surface area (Å²) in [6.07, 6.45) is -0.401. The molecule has 2 unspecified atom stereocenters. The average molecular weight is 273 g/mol. The molecule has 2 nitrogen and oxygen atoms in total. The van der Waals surface area contributed by atoms with Crippen LogP contribution in [0.25, 0.3) is 10.8 Å². The van der Waals surface area contributed by atoms with Crippen LogP contribution in [0.3, 0.4) is 0 Å². The number of rotatable bonds is 2. The first-order chi connectivity index (χ1) is 9.25. The van der Waals surface area contributed by atoms with Gasteiger partial charge in [0.05, 0.1) is 6.10 Å². The molecule has 0 radical (unpaired) electrons. The molecule has 0 saturated carbocycles. The molecule has 2 aromatic rings. The van der Waals surface area contributed by atoms with Gasteiger partial charge in [0, 0.05) is 24.1 Å². The molecule has 19 heavy (non-hydrogen) atoms. The molecule has 3 rings (SSSR count). The van der Waals surface area contributed by atoms with Gasteiger partial charge in [-0.15, -0.1) is 0 Å². The van der Waals surface area contributed by atoms with Gasteiger partial charge in [-0.05, 0) is 29.4 Å². The van der Waals surface area contributed by atoms with Gasteiger partial charge in [-0.1, -0.05) is 36.4 Å². The van der Waals surface area contributed by atoms with E-state index < -0.39 is 6.10 Å². The predicted molar refractivity (Wildman–Crippen MR) is 82.7 cm³/mol. The van der Waals surface area contributed by atoms with Gasteiger partial charge in [-0.2, -0.15) is 11.8 Å². The van der Waals surface area contributed by atoms with Gasteiger partial charge in [0.15, 0.2) is 0 Å². The summed E-state index contributed by atoms with van der Waals surface area (Å²) in [5.41, 5.74) is 1.03. The van der Waals surface area contributed by atoms with Crippen LogP contribution < -0.4 is 0 Å². The van der Waals surface area contributed by atoms with E-state index in [1.165, 1.54) is 10.8 Å². The second-order valence-corrected chi connectivity index (χ2v) is 6.32. The number of benzene rings is 2. The monoisotopic (exact) mass is 273 g/mol. The SMILES string of the molecule is CN1CCSCC1C(O)c1ccc2ccccc2c1. The largest absolute Gasteiger partial charge is 0.387 e. The van der Waals surface area contributed by atoms with Crippen LogP contribution in [0.1, 0.15) is 11.7 Å². The van der Waals surface area contributed by atoms with Crippen LogP contribution in [-0.2, 0) is 0 Å². The van der Waals surface area contributed by atoms with Crippen LogP contribution in [0.2, 0.25) is 0 Å². The number of fused-ring (bicyclic) bond motifs is 1. The zero-order chi connectivity index (χ0) is 13.2. The van der Waals surface area contributed by atoms with Crippen molar-refractivity contribution in [2.75, 3.05) is 25.1 Å². The highest BCUT2D eigenvalue weighted by molar-refractivity contribution is 7.99. The molecule has 1 aliphatic rings. The Morgan fingerprint density at radius 1 is 1.21 bits per heavy atom. The van der Waals surface area contributed by atoms with E-state index in [0.29, 0.717) is 0 Å². The normalized spacial score (nSPS) is 22.5. The Kier molecular flexibility index (Phi) is 3.78. The summed E-state index contributed by atoms with van der Waals surface area (Å²) >= 11 is 1.93. The molecule has 1 N–H and O–H groups in total. The van der Waals surface area contributed by atoms with E-state index in [0.717, 1.165) is 23.6 Å². The fourth-order valence-corrected chi connectivity index (χ4v) is 3.91. The maximum absolute atomic E-state index is 10.6. The Labute approximate surface area is 118 Å². The van der Waals surface area contributed by atoms with E-state index in [-0.39, 0.29) is 6.04 Å². The molecule has 1 fully saturated rings. The molecule has 0 bridgehead atoms. The molecule has 0 amide bonds. The van der Waals surface area contributed by atoms with Crippen molar-refractivity contribution in [3.05, 3.63) is 48.0 Å². The van der Waals surface area contributed by atoms with Crippen LogP contribution in [0.15, 0.2) is 42.5 Å². The second-order valence-electron chi connectivity index (χ2n) is 5.17. The van der Waals surface area contributed by atoms with Gasteiger partial charge in [-0.25, -0.2) is 0 Å². The minimum atomic E-state index is -0.401. The summed E-state index contributed by atoms with van der Waals surface area (Å²) in [6.45, 7) is 1.06. The molecule has 0 aromatic heterocycles. The Hall–Kier alpha value is -1.03. The zero-order valence-corrected chi connectivity index (χ0v) is 11.9. The first-order valence-electron chi connectivity index (χ1n) is 6.70. The minimum Gasteiger partial charge on any atom is -0.387 e. The number of likely N-dealkylation sites (N-methyl/N-ethyl adjacent to an activating group) is 1. The number of hydrogen-bond donors (Lipinski definition) is 1. The van der Waals surface area contributed by atoms with Crippen molar-refractivity contribution in [1.82, 2.24) is 4.90 Å². The molecule has 3 heteroatoms. The summed E-state index contributed by atoms with van der Waals surface area (Å²) in [4.78, 5) is 2.27. The van der Waals surface area contributed by atoms with Crippen molar-refractivity contribution >= 4 is 22.5 Å². The number of hydrogen-bond acceptors (Lipinski definition) is 3. The standard InChI is InChI=1S/C16H19NOS/c1-17-8-9-19-11-15(17)16(18)14-7-6-12-4-2-3-5-13(12)10-14/h2-7,10,15-16,18H,8-9,11H2,1H3. The lowest BCUT2D eigenvalue weighted by Gasteiger charge is -2.35. The molecule has 0 aliphatic carbocycles.